The quantitative estimate of drug-likeness (QED) is 0.448. The Morgan fingerprint density at radius 1 is 1.00 bits per heavy atom. The van der Waals surface area contributed by atoms with Gasteiger partial charge in [-0.2, -0.15) is 0 Å². The van der Waals surface area contributed by atoms with Gasteiger partial charge in [-0.3, -0.25) is 14.9 Å². The Hall–Kier alpha value is -1.14. The van der Waals surface area contributed by atoms with Crippen LogP contribution in [0.3, 0.4) is 0 Å². The standard InChI is InChI=1S/C11H22N4O2/c1-2-9-5-12-3-4-14-10(16)7-13-8-11(17)15-6-9/h9,12-13H,2-8H2,1H3,(H,14,16)(H,15,17). The Morgan fingerprint density at radius 3 is 2.41 bits per heavy atom. The van der Waals surface area contributed by atoms with Gasteiger partial charge in [0.15, 0.2) is 0 Å². The van der Waals surface area contributed by atoms with Crippen molar-refractivity contribution in [2.24, 2.45) is 5.92 Å². The van der Waals surface area contributed by atoms with Crippen LogP contribution >= 0.6 is 0 Å². The molecule has 1 fully saturated rings. The maximum Gasteiger partial charge on any atom is 0.234 e. The molecule has 4 N–H and O–H groups in total. The summed E-state index contributed by atoms with van der Waals surface area (Å²) in [5.74, 6) is 0.303. The van der Waals surface area contributed by atoms with Crippen LogP contribution in [0.15, 0.2) is 0 Å². The molecular weight excluding hydrogens is 220 g/mol. The molecule has 0 saturated carbocycles. The summed E-state index contributed by atoms with van der Waals surface area (Å²) >= 11 is 0. The summed E-state index contributed by atoms with van der Waals surface area (Å²) in [6.07, 6.45) is 1.02. The first kappa shape index (κ1) is 13.9. The molecule has 6 heteroatoms. The minimum Gasteiger partial charge on any atom is -0.355 e. The Kier molecular flexibility index (Phi) is 6.57. The van der Waals surface area contributed by atoms with Crippen LogP contribution in [0.5, 0.6) is 0 Å². The van der Waals surface area contributed by atoms with Gasteiger partial charge in [-0.25, -0.2) is 0 Å². The summed E-state index contributed by atoms with van der Waals surface area (Å²) in [4.78, 5) is 22.7. The molecule has 0 aromatic heterocycles. The van der Waals surface area contributed by atoms with Crippen LogP contribution in [-0.4, -0.2) is 51.1 Å². The van der Waals surface area contributed by atoms with E-state index in [0.717, 1.165) is 19.5 Å². The van der Waals surface area contributed by atoms with Gasteiger partial charge in [0.25, 0.3) is 0 Å². The molecule has 0 aromatic rings. The second-order valence-corrected chi connectivity index (χ2v) is 4.24. The second kappa shape index (κ2) is 8.03. The Balaban J connectivity index is 2.40. The third kappa shape index (κ3) is 6.23. The minimum atomic E-state index is -0.0779. The fourth-order valence-corrected chi connectivity index (χ4v) is 1.63. The average molecular weight is 242 g/mol. The van der Waals surface area contributed by atoms with E-state index in [1.165, 1.54) is 0 Å². The maximum absolute atomic E-state index is 11.4. The van der Waals surface area contributed by atoms with Crippen molar-refractivity contribution in [2.75, 3.05) is 39.3 Å². The zero-order chi connectivity index (χ0) is 12.5. The van der Waals surface area contributed by atoms with Crippen LogP contribution in [0.1, 0.15) is 13.3 Å². The third-order valence-corrected chi connectivity index (χ3v) is 2.79. The Labute approximate surface area is 102 Å². The molecule has 0 spiro atoms. The number of hydrogen-bond donors (Lipinski definition) is 4. The molecule has 1 aliphatic heterocycles. The number of rotatable bonds is 1. The highest BCUT2D eigenvalue weighted by Crippen LogP contribution is 1.98. The van der Waals surface area contributed by atoms with Crippen molar-refractivity contribution >= 4 is 11.8 Å². The largest absolute Gasteiger partial charge is 0.355 e. The van der Waals surface area contributed by atoms with Gasteiger partial charge in [0.05, 0.1) is 13.1 Å². The van der Waals surface area contributed by atoms with Crippen molar-refractivity contribution in [1.82, 2.24) is 21.3 Å². The van der Waals surface area contributed by atoms with E-state index >= 15 is 0 Å². The highest BCUT2D eigenvalue weighted by Gasteiger charge is 2.10. The molecule has 1 rings (SSSR count). The van der Waals surface area contributed by atoms with Gasteiger partial charge in [0.2, 0.25) is 11.8 Å². The van der Waals surface area contributed by atoms with Gasteiger partial charge in [-0.05, 0) is 12.5 Å². The fourth-order valence-electron chi connectivity index (χ4n) is 1.63. The lowest BCUT2D eigenvalue weighted by molar-refractivity contribution is -0.121. The monoisotopic (exact) mass is 242 g/mol. The van der Waals surface area contributed by atoms with E-state index in [1.54, 1.807) is 0 Å². The summed E-state index contributed by atoms with van der Waals surface area (Å²) in [7, 11) is 0. The van der Waals surface area contributed by atoms with Crippen LogP contribution in [-0.2, 0) is 9.59 Å². The zero-order valence-electron chi connectivity index (χ0n) is 10.3. The number of carbonyl (C=O) groups is 2. The van der Waals surface area contributed by atoms with Gasteiger partial charge >= 0.3 is 0 Å². The van der Waals surface area contributed by atoms with E-state index in [1.807, 2.05) is 0 Å². The van der Waals surface area contributed by atoms with Gasteiger partial charge in [0, 0.05) is 19.6 Å². The number of amides is 2. The van der Waals surface area contributed by atoms with Crippen LogP contribution in [0.25, 0.3) is 0 Å². The number of carbonyl (C=O) groups excluding carboxylic acids is 2. The van der Waals surface area contributed by atoms with E-state index in [-0.39, 0.29) is 24.9 Å². The van der Waals surface area contributed by atoms with Gasteiger partial charge in [-0.1, -0.05) is 13.3 Å². The van der Waals surface area contributed by atoms with Gasteiger partial charge in [0.1, 0.15) is 0 Å². The van der Waals surface area contributed by atoms with Crippen LogP contribution < -0.4 is 21.3 Å². The minimum absolute atomic E-state index is 0.0597. The molecule has 6 nitrogen and oxygen atoms in total. The summed E-state index contributed by atoms with van der Waals surface area (Å²) in [5.41, 5.74) is 0. The fraction of sp³-hybridized carbons (Fsp3) is 0.818. The first-order valence-corrected chi connectivity index (χ1v) is 6.17. The second-order valence-electron chi connectivity index (χ2n) is 4.24. The first-order valence-electron chi connectivity index (χ1n) is 6.17. The third-order valence-electron chi connectivity index (χ3n) is 2.79. The predicted octanol–water partition coefficient (Wildman–Crippen LogP) is -1.56. The van der Waals surface area contributed by atoms with Crippen molar-refractivity contribution in [1.29, 1.82) is 0 Å². The predicted molar refractivity (Wildman–Crippen MR) is 65.5 cm³/mol. The van der Waals surface area contributed by atoms with Gasteiger partial charge in [-0.15, -0.1) is 0 Å². The highest BCUT2D eigenvalue weighted by atomic mass is 16.2. The first-order chi connectivity index (χ1) is 8.22. The van der Waals surface area contributed by atoms with Crippen molar-refractivity contribution < 1.29 is 9.59 Å². The normalized spacial score (nSPS) is 24.9. The molecular formula is C11H22N4O2. The van der Waals surface area contributed by atoms with E-state index < -0.39 is 0 Å². The summed E-state index contributed by atoms with van der Waals surface area (Å²) in [6.45, 7) is 5.42. The summed E-state index contributed by atoms with van der Waals surface area (Å²) < 4.78 is 0. The molecule has 98 valence electrons. The Bertz CT molecular complexity index is 258. The van der Waals surface area contributed by atoms with E-state index in [2.05, 4.69) is 28.2 Å². The molecule has 17 heavy (non-hydrogen) atoms. The van der Waals surface area contributed by atoms with Crippen molar-refractivity contribution in [2.45, 2.75) is 13.3 Å². The molecule has 0 aliphatic carbocycles. The molecule has 0 aromatic carbocycles. The summed E-state index contributed by atoms with van der Waals surface area (Å²) in [6, 6.07) is 0. The topological polar surface area (TPSA) is 82.3 Å². The smallest absolute Gasteiger partial charge is 0.234 e. The van der Waals surface area contributed by atoms with E-state index in [4.69, 9.17) is 0 Å². The molecule has 1 atom stereocenters. The van der Waals surface area contributed by atoms with E-state index in [9.17, 15) is 9.59 Å². The number of nitrogens with one attached hydrogen (secondary N) is 4. The molecule has 0 bridgehead atoms. The molecule has 1 unspecified atom stereocenters. The van der Waals surface area contributed by atoms with Crippen molar-refractivity contribution in [3.63, 3.8) is 0 Å². The maximum atomic E-state index is 11.4. The molecule has 1 aliphatic rings. The van der Waals surface area contributed by atoms with Crippen LogP contribution in [0.2, 0.25) is 0 Å². The molecule has 2 amide bonds. The lowest BCUT2D eigenvalue weighted by Crippen LogP contribution is -2.40. The lowest BCUT2D eigenvalue weighted by Gasteiger charge is -2.16. The van der Waals surface area contributed by atoms with Crippen LogP contribution in [0.4, 0.5) is 0 Å². The van der Waals surface area contributed by atoms with Crippen molar-refractivity contribution in [3.05, 3.63) is 0 Å². The number of hydrogen-bond acceptors (Lipinski definition) is 4. The van der Waals surface area contributed by atoms with Crippen LogP contribution in [0, 0.1) is 5.92 Å². The van der Waals surface area contributed by atoms with E-state index in [0.29, 0.717) is 19.0 Å². The molecule has 1 saturated heterocycles. The van der Waals surface area contributed by atoms with Gasteiger partial charge < -0.3 is 16.0 Å². The van der Waals surface area contributed by atoms with Crippen molar-refractivity contribution in [3.8, 4) is 0 Å². The molecule has 0 radical (unpaired) electrons. The Morgan fingerprint density at radius 2 is 1.71 bits per heavy atom. The average Bonchev–Trinajstić information content (AvgIpc) is 2.33. The lowest BCUT2D eigenvalue weighted by atomic mass is 10.1. The molecule has 1 heterocycles. The summed E-state index contributed by atoms with van der Waals surface area (Å²) in [5, 5.41) is 11.7. The SMILES string of the molecule is CCC1CNCCNC(=O)CNCC(=O)NC1. The zero-order valence-corrected chi connectivity index (χ0v) is 10.3. The highest BCUT2D eigenvalue weighted by molar-refractivity contribution is 5.81.